The van der Waals surface area contributed by atoms with Crippen LogP contribution in [0.1, 0.15) is 37.1 Å². The van der Waals surface area contributed by atoms with Gasteiger partial charge in [-0.2, -0.15) is 0 Å². The summed E-state index contributed by atoms with van der Waals surface area (Å²) in [4.78, 5) is 4.70. The van der Waals surface area contributed by atoms with Crippen molar-refractivity contribution in [3.05, 3.63) is 57.8 Å². The van der Waals surface area contributed by atoms with Crippen molar-refractivity contribution in [3.8, 4) is 0 Å². The van der Waals surface area contributed by atoms with Gasteiger partial charge in [0.15, 0.2) is 5.96 Å². The van der Waals surface area contributed by atoms with Crippen LogP contribution in [0, 0.1) is 5.92 Å². The Hall–Kier alpha value is -0.960. The molecular formula is C21H29Cl2IN4O. The highest BCUT2D eigenvalue weighted by Crippen LogP contribution is 2.33. The molecule has 2 aromatic rings. The van der Waals surface area contributed by atoms with Crippen molar-refractivity contribution in [3.63, 3.8) is 0 Å². The standard InChI is InChI=1S/C21H28Cl2N4O.HI/c1-3-24-21(26-14-17-12-18(22)20(23)27(17)2)25-13-16-10-7-11-28-19(16)15-8-5-4-6-9-15;/h4-6,8-9,12,16,19H,3,7,10-11,13-14H2,1-2H3,(H2,24,25,26);1H. The maximum absolute atomic E-state index is 6.15. The first-order chi connectivity index (χ1) is 13.6. The van der Waals surface area contributed by atoms with Crippen LogP contribution in [0.15, 0.2) is 41.4 Å². The highest BCUT2D eigenvalue weighted by Gasteiger charge is 2.27. The van der Waals surface area contributed by atoms with Crippen LogP contribution in [-0.4, -0.2) is 30.2 Å². The Morgan fingerprint density at radius 1 is 1.24 bits per heavy atom. The number of hydrogen-bond donors (Lipinski definition) is 2. The van der Waals surface area contributed by atoms with Gasteiger partial charge >= 0.3 is 0 Å². The van der Waals surface area contributed by atoms with E-state index in [4.69, 9.17) is 32.9 Å². The van der Waals surface area contributed by atoms with Gasteiger partial charge in [-0.25, -0.2) is 4.99 Å². The van der Waals surface area contributed by atoms with Crippen LogP contribution in [0.3, 0.4) is 0 Å². The maximum Gasteiger partial charge on any atom is 0.191 e. The van der Waals surface area contributed by atoms with Crippen LogP contribution in [0.5, 0.6) is 0 Å². The van der Waals surface area contributed by atoms with Crippen molar-refractivity contribution < 1.29 is 4.74 Å². The van der Waals surface area contributed by atoms with E-state index in [-0.39, 0.29) is 30.1 Å². The van der Waals surface area contributed by atoms with E-state index in [1.54, 1.807) is 0 Å². The number of rotatable bonds is 6. The molecule has 1 saturated heterocycles. The summed E-state index contributed by atoms with van der Waals surface area (Å²) in [6.07, 6.45) is 2.34. The first-order valence-corrected chi connectivity index (χ1v) is 10.5. The third kappa shape index (κ3) is 6.51. The van der Waals surface area contributed by atoms with Crippen LogP contribution >= 0.6 is 47.2 Å². The summed E-state index contributed by atoms with van der Waals surface area (Å²) in [7, 11) is 1.89. The molecule has 1 aromatic carbocycles. The molecule has 1 aromatic heterocycles. The number of aromatic nitrogens is 1. The first kappa shape index (κ1) is 24.3. The smallest absolute Gasteiger partial charge is 0.191 e. The minimum Gasteiger partial charge on any atom is -0.373 e. The van der Waals surface area contributed by atoms with Crippen LogP contribution in [0.2, 0.25) is 10.2 Å². The Kier molecular flexibility index (Phi) is 10.1. The fraction of sp³-hybridized carbons (Fsp3) is 0.476. The second-order valence-electron chi connectivity index (χ2n) is 7.01. The zero-order valence-corrected chi connectivity index (χ0v) is 20.7. The summed E-state index contributed by atoms with van der Waals surface area (Å²) in [5, 5.41) is 7.89. The molecule has 2 N–H and O–H groups in total. The minimum absolute atomic E-state index is 0. The molecule has 0 radical (unpaired) electrons. The summed E-state index contributed by atoms with van der Waals surface area (Å²) < 4.78 is 7.96. The highest BCUT2D eigenvalue weighted by molar-refractivity contribution is 14.0. The number of aliphatic imine (C=N–C) groups is 1. The number of hydrogen-bond acceptors (Lipinski definition) is 2. The lowest BCUT2D eigenvalue weighted by Crippen LogP contribution is -2.42. The van der Waals surface area contributed by atoms with Gasteiger partial charge in [-0.3, -0.25) is 0 Å². The summed E-state index contributed by atoms with van der Waals surface area (Å²) >= 11 is 12.3. The van der Waals surface area contributed by atoms with Gasteiger partial charge in [-0.1, -0.05) is 53.5 Å². The number of nitrogens with zero attached hydrogens (tertiary/aromatic N) is 2. The molecule has 0 spiro atoms. The van der Waals surface area contributed by atoms with Gasteiger partial charge in [0.05, 0.1) is 17.7 Å². The average molecular weight is 551 g/mol. The van der Waals surface area contributed by atoms with Gasteiger partial charge in [0.1, 0.15) is 5.15 Å². The lowest BCUT2D eigenvalue weighted by molar-refractivity contribution is -0.0265. The van der Waals surface area contributed by atoms with Gasteiger partial charge in [-0.05, 0) is 31.4 Å². The zero-order chi connectivity index (χ0) is 19.9. The molecule has 0 saturated carbocycles. The lowest BCUT2D eigenvalue weighted by atomic mass is 9.89. The van der Waals surface area contributed by atoms with Crippen molar-refractivity contribution in [1.29, 1.82) is 0 Å². The molecule has 2 unspecified atom stereocenters. The predicted octanol–water partition coefficient (Wildman–Crippen LogP) is 5.17. The molecule has 2 heterocycles. The molecule has 8 heteroatoms. The number of nitrogens with one attached hydrogen (secondary N) is 2. The lowest BCUT2D eigenvalue weighted by Gasteiger charge is -2.32. The van der Waals surface area contributed by atoms with Crippen LogP contribution < -0.4 is 10.6 Å². The summed E-state index contributed by atoms with van der Waals surface area (Å²) in [5.74, 6) is 1.19. The quantitative estimate of drug-likeness (QED) is 0.296. The molecule has 3 rings (SSSR count). The van der Waals surface area contributed by atoms with E-state index in [0.29, 0.717) is 22.6 Å². The Morgan fingerprint density at radius 3 is 2.66 bits per heavy atom. The number of benzene rings is 1. The monoisotopic (exact) mass is 550 g/mol. The number of ether oxygens (including phenoxy) is 1. The van der Waals surface area contributed by atoms with Gasteiger partial charge in [-0.15, -0.1) is 24.0 Å². The van der Waals surface area contributed by atoms with E-state index in [2.05, 4.69) is 41.8 Å². The van der Waals surface area contributed by atoms with Gasteiger partial charge in [0, 0.05) is 38.4 Å². The Bertz CT molecular complexity index is 797. The predicted molar refractivity (Wildman–Crippen MR) is 132 cm³/mol. The van der Waals surface area contributed by atoms with Crippen molar-refractivity contribution in [1.82, 2.24) is 15.2 Å². The fourth-order valence-corrected chi connectivity index (χ4v) is 3.95. The molecule has 0 bridgehead atoms. The normalized spacial score (nSPS) is 19.5. The van der Waals surface area contributed by atoms with E-state index in [1.807, 2.05) is 23.7 Å². The molecule has 1 aliphatic heterocycles. The molecule has 1 aliphatic rings. The van der Waals surface area contributed by atoms with Gasteiger partial charge < -0.3 is 19.9 Å². The van der Waals surface area contributed by atoms with Crippen molar-refractivity contribution in [2.45, 2.75) is 32.4 Å². The van der Waals surface area contributed by atoms with E-state index in [0.717, 1.165) is 44.2 Å². The third-order valence-electron chi connectivity index (χ3n) is 5.06. The second-order valence-corrected chi connectivity index (χ2v) is 7.78. The van der Waals surface area contributed by atoms with Gasteiger partial charge in [0.2, 0.25) is 0 Å². The average Bonchev–Trinajstić information content (AvgIpc) is 2.97. The highest BCUT2D eigenvalue weighted by atomic mass is 127. The molecule has 29 heavy (non-hydrogen) atoms. The second kappa shape index (κ2) is 12.0. The van der Waals surface area contributed by atoms with Crippen LogP contribution in [0.4, 0.5) is 0 Å². The first-order valence-electron chi connectivity index (χ1n) is 9.78. The van der Waals surface area contributed by atoms with Crippen LogP contribution in [0.25, 0.3) is 0 Å². The van der Waals surface area contributed by atoms with Crippen molar-refractivity contribution >= 4 is 53.1 Å². The molecular weight excluding hydrogens is 522 g/mol. The van der Waals surface area contributed by atoms with Crippen LogP contribution in [-0.2, 0) is 18.3 Å². The summed E-state index contributed by atoms with van der Waals surface area (Å²) in [5.41, 5.74) is 2.21. The Morgan fingerprint density at radius 2 is 2.00 bits per heavy atom. The molecule has 1 fully saturated rings. The van der Waals surface area contributed by atoms with E-state index >= 15 is 0 Å². The van der Waals surface area contributed by atoms with Gasteiger partial charge in [0.25, 0.3) is 0 Å². The summed E-state index contributed by atoms with van der Waals surface area (Å²) in [6.45, 7) is 4.98. The largest absolute Gasteiger partial charge is 0.373 e. The van der Waals surface area contributed by atoms with Crippen molar-refractivity contribution in [2.75, 3.05) is 19.7 Å². The minimum atomic E-state index is 0. The topological polar surface area (TPSA) is 50.6 Å². The fourth-order valence-electron chi connectivity index (χ4n) is 3.53. The van der Waals surface area contributed by atoms with Crippen molar-refractivity contribution in [2.24, 2.45) is 18.0 Å². The SMILES string of the molecule is CCNC(=NCc1cc(Cl)c(Cl)n1C)NCC1CCCOC1c1ccccc1.I. The maximum atomic E-state index is 6.15. The van der Waals surface area contributed by atoms with E-state index < -0.39 is 0 Å². The number of halogens is 3. The van der Waals surface area contributed by atoms with E-state index in [9.17, 15) is 0 Å². The Balaban J connectivity index is 0.00000300. The number of guanidine groups is 1. The molecule has 2 atom stereocenters. The zero-order valence-electron chi connectivity index (χ0n) is 16.8. The van der Waals surface area contributed by atoms with E-state index in [1.165, 1.54) is 5.56 Å². The summed E-state index contributed by atoms with van der Waals surface area (Å²) in [6, 6.07) is 12.3. The third-order valence-corrected chi connectivity index (χ3v) is 5.91. The molecule has 5 nitrogen and oxygen atoms in total. The Labute approximate surface area is 200 Å². The molecule has 160 valence electrons. The molecule has 0 aliphatic carbocycles. The molecule has 0 amide bonds.